The van der Waals surface area contributed by atoms with Gasteiger partial charge in [0.1, 0.15) is 12.2 Å². The van der Waals surface area contributed by atoms with Crippen LogP contribution in [-0.4, -0.2) is 27.8 Å². The Morgan fingerprint density at radius 2 is 2.27 bits per heavy atom. The zero-order valence-electron chi connectivity index (χ0n) is 12.8. The van der Waals surface area contributed by atoms with Gasteiger partial charge in [-0.25, -0.2) is 14.1 Å². The number of benzene rings is 1. The van der Waals surface area contributed by atoms with Crippen molar-refractivity contribution < 1.29 is 13.9 Å². The minimum atomic E-state index is -0.505. The molecule has 1 N–H and O–H groups in total. The minimum Gasteiger partial charge on any atom is -0.494 e. The lowest BCUT2D eigenvalue weighted by Gasteiger charge is -2.14. The highest BCUT2D eigenvalue weighted by atomic mass is 19.1. The van der Waals surface area contributed by atoms with E-state index >= 15 is 0 Å². The van der Waals surface area contributed by atoms with Gasteiger partial charge in [-0.3, -0.25) is 4.79 Å². The Morgan fingerprint density at radius 3 is 2.95 bits per heavy atom. The molecule has 118 valence electrons. The first-order valence-electron chi connectivity index (χ1n) is 7.09. The van der Waals surface area contributed by atoms with E-state index in [9.17, 15) is 9.18 Å². The van der Waals surface area contributed by atoms with E-state index < -0.39 is 5.82 Å². The minimum absolute atomic E-state index is 0.0365. The van der Waals surface area contributed by atoms with E-state index in [1.165, 1.54) is 31.6 Å². The zero-order chi connectivity index (χ0) is 16.1. The number of carbonyl (C=O) groups excluding carboxylic acids is 1. The summed E-state index contributed by atoms with van der Waals surface area (Å²) in [4.78, 5) is 16.4. The highest BCUT2D eigenvalue weighted by Gasteiger charge is 2.17. The smallest absolute Gasteiger partial charge is 0.251 e. The van der Waals surface area contributed by atoms with Crippen LogP contribution in [0.4, 0.5) is 4.39 Å². The van der Waals surface area contributed by atoms with Crippen molar-refractivity contribution >= 4 is 5.91 Å². The van der Waals surface area contributed by atoms with Crippen molar-refractivity contribution in [2.24, 2.45) is 0 Å². The molecular weight excluding hydrogens is 287 g/mol. The molecule has 0 aliphatic rings. The summed E-state index contributed by atoms with van der Waals surface area (Å²) >= 11 is 0. The lowest BCUT2D eigenvalue weighted by molar-refractivity contribution is 0.0937. The second-order valence-electron chi connectivity index (χ2n) is 4.89. The molecule has 6 nitrogen and oxygen atoms in total. The van der Waals surface area contributed by atoms with E-state index in [-0.39, 0.29) is 17.7 Å². The van der Waals surface area contributed by atoms with E-state index in [1.54, 1.807) is 4.68 Å². The molecule has 0 fully saturated rings. The van der Waals surface area contributed by atoms with Gasteiger partial charge in [0.15, 0.2) is 11.6 Å². The summed E-state index contributed by atoms with van der Waals surface area (Å²) in [6, 6.07) is 3.68. The molecule has 0 spiro atoms. The topological polar surface area (TPSA) is 69.0 Å². The lowest BCUT2D eigenvalue weighted by Crippen LogP contribution is -2.29. The molecule has 2 aromatic rings. The fourth-order valence-electron chi connectivity index (χ4n) is 2.14. The molecule has 0 aliphatic carbocycles. The Labute approximate surface area is 128 Å². The average Bonchev–Trinajstić information content (AvgIpc) is 2.96. The maximum atomic E-state index is 13.4. The Morgan fingerprint density at radius 1 is 1.50 bits per heavy atom. The maximum Gasteiger partial charge on any atom is 0.251 e. The molecule has 0 aliphatic heterocycles. The van der Waals surface area contributed by atoms with E-state index in [0.717, 1.165) is 13.0 Å². The van der Waals surface area contributed by atoms with Gasteiger partial charge in [0.25, 0.3) is 5.91 Å². The molecule has 1 amide bonds. The van der Waals surface area contributed by atoms with Crippen molar-refractivity contribution in [2.75, 3.05) is 7.11 Å². The summed E-state index contributed by atoms with van der Waals surface area (Å²) in [5, 5.41) is 6.96. The first-order valence-corrected chi connectivity index (χ1v) is 7.09. The first kappa shape index (κ1) is 15.9. The van der Waals surface area contributed by atoms with E-state index in [1.807, 2.05) is 13.8 Å². The van der Waals surface area contributed by atoms with Crippen LogP contribution in [-0.2, 0) is 6.54 Å². The second-order valence-corrected chi connectivity index (χ2v) is 4.89. The standard InChI is InChI=1S/C15H19FN4O2/c1-4-7-20-14(17-9-18-20)10(2)19-15(21)11-5-6-12(16)13(8-11)22-3/h5-6,8-10H,4,7H2,1-3H3,(H,19,21)/t10-/m0/s1. The number of halogens is 1. The molecule has 0 saturated carbocycles. The summed E-state index contributed by atoms with van der Waals surface area (Å²) < 4.78 is 20.0. The Kier molecular flexibility index (Phi) is 5.08. The summed E-state index contributed by atoms with van der Waals surface area (Å²) in [5.41, 5.74) is 0.326. The van der Waals surface area contributed by atoms with Crippen molar-refractivity contribution in [3.63, 3.8) is 0 Å². The second kappa shape index (κ2) is 7.02. The van der Waals surface area contributed by atoms with Gasteiger partial charge < -0.3 is 10.1 Å². The van der Waals surface area contributed by atoms with Gasteiger partial charge in [0.05, 0.1) is 13.2 Å². The third-order valence-electron chi connectivity index (χ3n) is 3.23. The number of hydrogen-bond donors (Lipinski definition) is 1. The number of hydrogen-bond acceptors (Lipinski definition) is 4. The molecule has 0 radical (unpaired) electrons. The monoisotopic (exact) mass is 306 g/mol. The van der Waals surface area contributed by atoms with E-state index in [2.05, 4.69) is 15.4 Å². The fourth-order valence-corrected chi connectivity index (χ4v) is 2.14. The van der Waals surface area contributed by atoms with Crippen molar-refractivity contribution in [2.45, 2.75) is 32.9 Å². The van der Waals surface area contributed by atoms with Crippen LogP contribution in [0.25, 0.3) is 0 Å². The Bertz CT molecular complexity index is 657. The van der Waals surface area contributed by atoms with Crippen LogP contribution in [0.3, 0.4) is 0 Å². The third kappa shape index (κ3) is 3.41. The number of aryl methyl sites for hydroxylation is 1. The van der Waals surface area contributed by atoms with Crippen LogP contribution in [0.15, 0.2) is 24.5 Å². The van der Waals surface area contributed by atoms with Crippen LogP contribution >= 0.6 is 0 Å². The highest BCUT2D eigenvalue weighted by Crippen LogP contribution is 2.19. The van der Waals surface area contributed by atoms with E-state index in [0.29, 0.717) is 11.4 Å². The Hall–Kier alpha value is -2.44. The number of rotatable bonds is 6. The molecule has 7 heteroatoms. The molecule has 0 unspecified atom stereocenters. The molecule has 1 aromatic heterocycles. The van der Waals surface area contributed by atoms with Gasteiger partial charge in [-0.1, -0.05) is 6.92 Å². The number of methoxy groups -OCH3 is 1. The molecule has 1 atom stereocenters. The number of ether oxygens (including phenoxy) is 1. The molecular formula is C15H19FN4O2. The molecule has 22 heavy (non-hydrogen) atoms. The van der Waals surface area contributed by atoms with Gasteiger partial charge in [0, 0.05) is 12.1 Å². The van der Waals surface area contributed by atoms with Crippen molar-refractivity contribution in [1.29, 1.82) is 0 Å². The predicted octanol–water partition coefficient (Wildman–Crippen LogP) is 2.33. The quantitative estimate of drug-likeness (QED) is 0.889. The van der Waals surface area contributed by atoms with Crippen molar-refractivity contribution in [3.05, 3.63) is 41.7 Å². The third-order valence-corrected chi connectivity index (χ3v) is 3.23. The number of amides is 1. The summed E-state index contributed by atoms with van der Waals surface area (Å²) in [5.74, 6) is -0.106. The largest absolute Gasteiger partial charge is 0.494 e. The molecule has 0 saturated heterocycles. The van der Waals surface area contributed by atoms with Crippen LogP contribution < -0.4 is 10.1 Å². The van der Waals surface area contributed by atoms with Crippen LogP contribution in [0.2, 0.25) is 0 Å². The molecule has 1 aromatic carbocycles. The molecule has 2 rings (SSSR count). The number of carbonyl (C=O) groups is 1. The fraction of sp³-hybridized carbons (Fsp3) is 0.400. The normalized spacial score (nSPS) is 12.0. The molecule has 1 heterocycles. The van der Waals surface area contributed by atoms with Crippen LogP contribution in [0, 0.1) is 5.82 Å². The maximum absolute atomic E-state index is 13.4. The number of aromatic nitrogens is 3. The van der Waals surface area contributed by atoms with Crippen molar-refractivity contribution in [3.8, 4) is 5.75 Å². The van der Waals surface area contributed by atoms with Gasteiger partial charge >= 0.3 is 0 Å². The van der Waals surface area contributed by atoms with E-state index in [4.69, 9.17) is 4.74 Å². The van der Waals surface area contributed by atoms with Crippen LogP contribution in [0.5, 0.6) is 5.75 Å². The Balaban J connectivity index is 2.12. The van der Waals surface area contributed by atoms with Gasteiger partial charge in [-0.05, 0) is 31.5 Å². The predicted molar refractivity (Wildman–Crippen MR) is 79.1 cm³/mol. The highest BCUT2D eigenvalue weighted by molar-refractivity contribution is 5.94. The van der Waals surface area contributed by atoms with Gasteiger partial charge in [0.2, 0.25) is 0 Å². The SMILES string of the molecule is CCCn1ncnc1[C@H](C)NC(=O)c1ccc(F)c(OC)c1. The average molecular weight is 306 g/mol. The first-order chi connectivity index (χ1) is 10.6. The van der Waals surface area contributed by atoms with Gasteiger partial charge in [-0.2, -0.15) is 5.10 Å². The number of nitrogens with zero attached hydrogens (tertiary/aromatic N) is 3. The van der Waals surface area contributed by atoms with Gasteiger partial charge in [-0.15, -0.1) is 0 Å². The zero-order valence-corrected chi connectivity index (χ0v) is 12.8. The summed E-state index contributed by atoms with van der Waals surface area (Å²) in [6.45, 7) is 4.61. The number of nitrogens with one attached hydrogen (secondary N) is 1. The van der Waals surface area contributed by atoms with Crippen LogP contribution in [0.1, 0.15) is 42.5 Å². The van der Waals surface area contributed by atoms with Crippen molar-refractivity contribution in [1.82, 2.24) is 20.1 Å². The lowest BCUT2D eigenvalue weighted by atomic mass is 10.1. The summed E-state index contributed by atoms with van der Waals surface area (Å²) in [6.07, 6.45) is 2.39. The summed E-state index contributed by atoms with van der Waals surface area (Å²) in [7, 11) is 1.36. The molecule has 0 bridgehead atoms.